The molecule has 2 nitrogen and oxygen atoms in total. The minimum absolute atomic E-state index is 0. The second-order valence-corrected chi connectivity index (χ2v) is 14.9. The van der Waals surface area contributed by atoms with Crippen molar-refractivity contribution < 1.29 is 19.5 Å². The molecule has 0 N–H and O–H groups in total. The predicted octanol–water partition coefficient (Wildman–Crippen LogP) is 7.75. The Kier molecular flexibility index (Phi) is 16.8. The average molecular weight is 756 g/mol. The van der Waals surface area contributed by atoms with E-state index in [-0.39, 0.29) is 25.5 Å². The molecule has 0 aromatic heterocycles. The zero-order chi connectivity index (χ0) is 33.1. The topological polar surface area (TPSA) is 36.1 Å². The third kappa shape index (κ3) is 12.7. The summed E-state index contributed by atoms with van der Waals surface area (Å²) >= 11 is 0. The van der Waals surface area contributed by atoms with Gasteiger partial charge in [0.15, 0.2) is 0 Å². The molecule has 1 atom stereocenters. The van der Waals surface area contributed by atoms with Gasteiger partial charge in [-0.1, -0.05) is 182 Å². The van der Waals surface area contributed by atoms with E-state index in [1.54, 1.807) is 0 Å². The fraction of sp³-hybridized carbons (Fsp3) is 0.0227. The quantitative estimate of drug-likeness (QED) is 0.0974. The van der Waals surface area contributed by atoms with Crippen molar-refractivity contribution in [3.8, 4) is 6.07 Å². The van der Waals surface area contributed by atoms with Crippen molar-refractivity contribution in [3.63, 3.8) is 0 Å². The zero-order valence-electron chi connectivity index (χ0n) is 26.9. The maximum Gasteiger partial charge on any atom is 2.00 e. The molecule has 8 rings (SSSR count). The van der Waals surface area contributed by atoms with Gasteiger partial charge >= 0.3 is 19.5 Å². The van der Waals surface area contributed by atoms with Crippen molar-refractivity contribution in [1.29, 1.82) is 5.26 Å². The van der Waals surface area contributed by atoms with E-state index in [1.807, 2.05) is 38.2 Å². The molecule has 1 aliphatic heterocycles. The van der Waals surface area contributed by atoms with Crippen LogP contribution in [-0.4, -0.2) is 12.3 Å². The molecule has 1 aliphatic carbocycles. The van der Waals surface area contributed by atoms with Gasteiger partial charge in [-0.2, -0.15) is 5.26 Å². The van der Waals surface area contributed by atoms with E-state index in [0.29, 0.717) is 0 Å². The molecule has 2 aliphatic rings. The van der Waals surface area contributed by atoms with Gasteiger partial charge < -0.3 is 11.2 Å². The van der Waals surface area contributed by atoms with Gasteiger partial charge in [0, 0.05) is 0 Å². The van der Waals surface area contributed by atoms with E-state index >= 15 is 0 Å². The second kappa shape index (κ2) is 21.8. The second-order valence-electron chi connectivity index (χ2n) is 10.4. The molecule has 1 saturated carbocycles. The van der Waals surface area contributed by atoms with Crippen LogP contribution < -0.4 is 31.8 Å². The summed E-state index contributed by atoms with van der Waals surface area (Å²) in [5, 5.41) is 16.2. The summed E-state index contributed by atoms with van der Waals surface area (Å²) in [6.45, 7) is 0. The Labute approximate surface area is 308 Å². The fourth-order valence-electron chi connectivity index (χ4n) is 4.77. The average Bonchev–Trinajstić information content (AvgIpc) is 3.82. The molecule has 0 bridgehead atoms. The van der Waals surface area contributed by atoms with Gasteiger partial charge in [0.1, 0.15) is 0 Å². The largest absolute Gasteiger partial charge is 2.00 e. The molecule has 0 saturated heterocycles. The van der Waals surface area contributed by atoms with Crippen molar-refractivity contribution >= 4 is 53.9 Å². The molecule has 1 unspecified atom stereocenters. The van der Waals surface area contributed by atoms with Crippen molar-refractivity contribution in [3.05, 3.63) is 214 Å². The van der Waals surface area contributed by atoms with Gasteiger partial charge in [-0.15, -0.1) is 0 Å². The number of hydrogen-bond acceptors (Lipinski definition) is 2. The standard InChI is InChI=1S/2C18H15P.C5H5.C3HN2.Ru/c2*1-4-10-16(11-5-1)19(17-12-6-2-7-13-17)18-14-8-3-9-15-18;1-2-4-5-3-1;4-1-3-2-5-3;/h2*1-15H;1-5H;3H;/q;;;-1;+2. The Morgan fingerprint density at radius 2 is 0.571 bits per heavy atom. The molecule has 239 valence electrons. The van der Waals surface area contributed by atoms with Crippen LogP contribution in [-0.2, 0) is 19.5 Å². The minimum Gasteiger partial charge on any atom is -0.511 e. The molecule has 5 heteroatoms. The molecular weight excluding hydrogens is 720 g/mol. The Hall–Kier alpha value is -4.04. The molecule has 0 amide bonds. The van der Waals surface area contributed by atoms with Crippen LogP contribution in [0.3, 0.4) is 0 Å². The van der Waals surface area contributed by atoms with Crippen LogP contribution in [0.5, 0.6) is 0 Å². The SMILES string of the molecule is N#CC1[C-]=N1.[CH]1[CH][CH][CH][CH]1.[Ru+2].c1ccc(P(c2ccccc2)c2ccccc2)cc1.c1ccc(P(c2ccccc2)c2ccccc2)cc1. The summed E-state index contributed by atoms with van der Waals surface area (Å²) in [4.78, 5) is 3.41. The van der Waals surface area contributed by atoms with Crippen LogP contribution in [0.2, 0.25) is 0 Å². The Morgan fingerprint density at radius 3 is 0.694 bits per heavy atom. The Balaban J connectivity index is 0.000000169. The third-order valence-corrected chi connectivity index (χ3v) is 11.9. The minimum atomic E-state index is -0.446. The van der Waals surface area contributed by atoms with Crippen molar-refractivity contribution in [2.24, 2.45) is 4.99 Å². The zero-order valence-corrected chi connectivity index (χ0v) is 30.5. The van der Waals surface area contributed by atoms with Crippen molar-refractivity contribution in [1.82, 2.24) is 0 Å². The van der Waals surface area contributed by atoms with Gasteiger partial charge in [0.2, 0.25) is 0 Å². The van der Waals surface area contributed by atoms with Crippen LogP contribution in [0.25, 0.3) is 0 Å². The van der Waals surface area contributed by atoms with Gasteiger partial charge in [0.05, 0.1) is 6.07 Å². The third-order valence-electron chi connectivity index (χ3n) is 7.02. The van der Waals surface area contributed by atoms with Gasteiger partial charge in [0.25, 0.3) is 0 Å². The van der Waals surface area contributed by atoms with Crippen LogP contribution in [0, 0.1) is 43.4 Å². The maximum absolute atomic E-state index is 7.80. The van der Waals surface area contributed by atoms with E-state index in [2.05, 4.69) is 193 Å². The molecule has 49 heavy (non-hydrogen) atoms. The molecular formula is C44H36N2P2Ru+. The smallest absolute Gasteiger partial charge is 0.511 e. The summed E-state index contributed by atoms with van der Waals surface area (Å²) in [5.74, 6) is 0. The Morgan fingerprint density at radius 1 is 0.388 bits per heavy atom. The molecule has 6 aromatic rings. The molecule has 0 spiro atoms. The predicted molar refractivity (Wildman–Crippen MR) is 209 cm³/mol. The number of hydrogen-bond donors (Lipinski definition) is 0. The van der Waals surface area contributed by atoms with E-state index in [1.165, 1.54) is 31.8 Å². The molecule has 1 heterocycles. The van der Waals surface area contributed by atoms with Crippen molar-refractivity contribution in [2.75, 3.05) is 0 Å². The number of benzene rings is 6. The van der Waals surface area contributed by atoms with Crippen LogP contribution in [0.4, 0.5) is 0 Å². The van der Waals surface area contributed by atoms with Gasteiger partial charge in [-0.05, 0) is 85.8 Å². The van der Waals surface area contributed by atoms with Crippen LogP contribution in [0.15, 0.2) is 187 Å². The van der Waals surface area contributed by atoms with Gasteiger partial charge in [-0.3, -0.25) is 0 Å². The molecule has 6 aromatic carbocycles. The first-order chi connectivity index (χ1) is 23.8. The van der Waals surface area contributed by atoms with Crippen LogP contribution >= 0.6 is 15.8 Å². The van der Waals surface area contributed by atoms with Gasteiger partial charge in [-0.25, -0.2) is 0 Å². The first-order valence-corrected chi connectivity index (χ1v) is 18.4. The number of aliphatic imine (C=N–C) groups is 1. The van der Waals surface area contributed by atoms with Crippen molar-refractivity contribution in [2.45, 2.75) is 6.04 Å². The molecule has 5 radical (unpaired) electrons. The number of nitrogens with zero attached hydrogens (tertiary/aromatic N) is 2. The number of nitriles is 1. The van der Waals surface area contributed by atoms with E-state index < -0.39 is 15.8 Å². The summed E-state index contributed by atoms with van der Waals surface area (Å²) in [7, 11) is -0.892. The summed E-state index contributed by atoms with van der Waals surface area (Å²) < 4.78 is 0. The summed E-state index contributed by atoms with van der Waals surface area (Å²) in [6.07, 6.45) is 12.4. The van der Waals surface area contributed by atoms with E-state index in [0.717, 1.165) is 0 Å². The number of rotatable bonds is 6. The summed E-state index contributed by atoms with van der Waals surface area (Å²) in [6, 6.07) is 66.3. The summed E-state index contributed by atoms with van der Waals surface area (Å²) in [5.41, 5.74) is 0. The molecule has 1 fully saturated rings. The maximum atomic E-state index is 7.80. The first-order valence-electron chi connectivity index (χ1n) is 15.8. The normalized spacial score (nSPS) is 13.6. The fourth-order valence-corrected chi connectivity index (χ4v) is 9.38. The Bertz CT molecular complexity index is 1480. The van der Waals surface area contributed by atoms with E-state index in [4.69, 9.17) is 5.26 Å². The van der Waals surface area contributed by atoms with E-state index in [9.17, 15) is 0 Å². The monoisotopic (exact) mass is 756 g/mol. The first kappa shape index (κ1) is 37.8. The van der Waals surface area contributed by atoms with Crippen LogP contribution in [0.1, 0.15) is 0 Å².